The van der Waals surface area contributed by atoms with Crippen LogP contribution in [0.25, 0.3) is 0 Å². The lowest BCUT2D eigenvalue weighted by Gasteiger charge is -2.09. The molecule has 0 aliphatic heterocycles. The van der Waals surface area contributed by atoms with Gasteiger partial charge in [0.05, 0.1) is 16.8 Å². The van der Waals surface area contributed by atoms with Gasteiger partial charge in [0.15, 0.2) is 0 Å². The maximum absolute atomic E-state index is 9.03. The van der Waals surface area contributed by atoms with Crippen LogP contribution in [0.15, 0.2) is 18.2 Å². The van der Waals surface area contributed by atoms with Crippen LogP contribution in [0.2, 0.25) is 10.0 Å². The number of aliphatic hydroxyl groups is 1. The number of benzene rings is 1. The summed E-state index contributed by atoms with van der Waals surface area (Å²) in [5.41, 5.74) is 0.784. The van der Waals surface area contributed by atoms with Gasteiger partial charge in [-0.1, -0.05) is 23.2 Å². The lowest BCUT2D eigenvalue weighted by Crippen LogP contribution is -2.15. The summed E-state index contributed by atoms with van der Waals surface area (Å²) in [4.78, 5) is 0. The van der Waals surface area contributed by atoms with Gasteiger partial charge in [-0.2, -0.15) is 0 Å². The molecular formula is C9H11Cl2NO. The molecule has 2 N–H and O–H groups in total. The van der Waals surface area contributed by atoms with Crippen LogP contribution < -0.4 is 5.32 Å². The second kappa shape index (κ2) is 4.70. The lowest BCUT2D eigenvalue weighted by molar-refractivity contribution is 0.208. The predicted molar refractivity (Wildman–Crippen MR) is 56.6 cm³/mol. The first kappa shape index (κ1) is 10.6. The highest BCUT2D eigenvalue weighted by Gasteiger charge is 2.01. The Balaban J connectivity index is 2.67. The van der Waals surface area contributed by atoms with Gasteiger partial charge in [-0.3, -0.25) is 0 Å². The Morgan fingerprint density at radius 2 is 2.15 bits per heavy atom. The standard InChI is InChI=1S/C9H11Cl2NO/c1-6(13)5-12-9-3-2-7(10)4-8(9)11/h2-4,6,12-13H,5H2,1H3. The number of nitrogens with one attached hydrogen (secondary N) is 1. The molecule has 2 nitrogen and oxygen atoms in total. The van der Waals surface area contributed by atoms with Gasteiger partial charge >= 0.3 is 0 Å². The molecule has 0 saturated heterocycles. The Labute approximate surface area is 87.5 Å². The SMILES string of the molecule is CC(O)CNc1ccc(Cl)cc1Cl. The van der Waals surface area contributed by atoms with Crippen LogP contribution in [0.4, 0.5) is 5.69 Å². The summed E-state index contributed by atoms with van der Waals surface area (Å²) in [6, 6.07) is 5.19. The van der Waals surface area contributed by atoms with Gasteiger partial charge in [0, 0.05) is 11.6 Å². The summed E-state index contributed by atoms with van der Waals surface area (Å²) in [7, 11) is 0. The normalized spacial score (nSPS) is 12.6. The molecule has 0 aliphatic rings. The maximum Gasteiger partial charge on any atom is 0.0684 e. The molecule has 0 spiro atoms. The molecule has 0 bridgehead atoms. The second-order valence-electron chi connectivity index (χ2n) is 2.85. The molecular weight excluding hydrogens is 209 g/mol. The van der Waals surface area contributed by atoms with Gasteiger partial charge in [-0.05, 0) is 25.1 Å². The van der Waals surface area contributed by atoms with Gasteiger partial charge in [0.1, 0.15) is 0 Å². The van der Waals surface area contributed by atoms with Crippen LogP contribution >= 0.6 is 23.2 Å². The minimum Gasteiger partial charge on any atom is -0.392 e. The average molecular weight is 220 g/mol. The minimum absolute atomic E-state index is 0.397. The van der Waals surface area contributed by atoms with Crippen LogP contribution in [0, 0.1) is 0 Å². The first-order chi connectivity index (χ1) is 6.09. The fourth-order valence-corrected chi connectivity index (χ4v) is 1.37. The molecule has 1 rings (SSSR count). The third kappa shape index (κ3) is 3.43. The van der Waals surface area contributed by atoms with E-state index in [-0.39, 0.29) is 0 Å². The summed E-state index contributed by atoms with van der Waals surface area (Å²) in [5, 5.41) is 13.2. The van der Waals surface area contributed by atoms with Crippen molar-refractivity contribution in [3.05, 3.63) is 28.2 Å². The zero-order valence-corrected chi connectivity index (χ0v) is 8.73. The lowest BCUT2D eigenvalue weighted by atomic mass is 10.3. The highest BCUT2D eigenvalue weighted by molar-refractivity contribution is 6.36. The van der Waals surface area contributed by atoms with E-state index in [1.807, 2.05) is 0 Å². The van der Waals surface area contributed by atoms with E-state index >= 15 is 0 Å². The first-order valence-corrected chi connectivity index (χ1v) is 4.72. The number of hydrogen-bond acceptors (Lipinski definition) is 2. The molecule has 0 heterocycles. The highest BCUT2D eigenvalue weighted by Crippen LogP contribution is 2.25. The third-order valence-electron chi connectivity index (χ3n) is 1.52. The quantitative estimate of drug-likeness (QED) is 0.820. The monoisotopic (exact) mass is 219 g/mol. The Bertz CT molecular complexity index is 289. The fraction of sp³-hybridized carbons (Fsp3) is 0.333. The summed E-state index contributed by atoms with van der Waals surface area (Å²) >= 11 is 11.6. The molecule has 0 amide bonds. The van der Waals surface area contributed by atoms with Crippen molar-refractivity contribution in [1.29, 1.82) is 0 Å². The summed E-state index contributed by atoms with van der Waals surface area (Å²) in [6.07, 6.45) is -0.397. The van der Waals surface area contributed by atoms with E-state index < -0.39 is 6.10 Å². The first-order valence-electron chi connectivity index (χ1n) is 3.96. The molecule has 0 radical (unpaired) electrons. The fourth-order valence-electron chi connectivity index (χ4n) is 0.891. The van der Waals surface area contributed by atoms with Crippen molar-refractivity contribution in [1.82, 2.24) is 0 Å². The number of hydrogen-bond donors (Lipinski definition) is 2. The Morgan fingerprint density at radius 3 is 2.69 bits per heavy atom. The van der Waals surface area contributed by atoms with Gasteiger partial charge in [0.2, 0.25) is 0 Å². The second-order valence-corrected chi connectivity index (χ2v) is 3.70. The molecule has 72 valence electrons. The zero-order chi connectivity index (χ0) is 9.84. The Morgan fingerprint density at radius 1 is 1.46 bits per heavy atom. The van der Waals surface area contributed by atoms with Crippen molar-refractivity contribution < 1.29 is 5.11 Å². The number of aliphatic hydroxyl groups excluding tert-OH is 1. The average Bonchev–Trinajstić information content (AvgIpc) is 2.02. The van der Waals surface area contributed by atoms with Crippen molar-refractivity contribution >= 4 is 28.9 Å². The molecule has 0 aliphatic carbocycles. The van der Waals surface area contributed by atoms with Crippen LogP contribution in [-0.2, 0) is 0 Å². The van der Waals surface area contributed by atoms with Gasteiger partial charge < -0.3 is 10.4 Å². The van der Waals surface area contributed by atoms with Crippen molar-refractivity contribution in [2.24, 2.45) is 0 Å². The van der Waals surface area contributed by atoms with Gasteiger partial charge in [0.25, 0.3) is 0 Å². The molecule has 1 aromatic carbocycles. The maximum atomic E-state index is 9.03. The van der Waals surface area contributed by atoms with Crippen LogP contribution in [0.3, 0.4) is 0 Å². The predicted octanol–water partition coefficient (Wildman–Crippen LogP) is 2.79. The Kier molecular flexibility index (Phi) is 3.85. The van der Waals surface area contributed by atoms with Crippen molar-refractivity contribution in [3.8, 4) is 0 Å². The van der Waals surface area contributed by atoms with E-state index in [0.717, 1.165) is 5.69 Å². The van der Waals surface area contributed by atoms with E-state index in [4.69, 9.17) is 28.3 Å². The van der Waals surface area contributed by atoms with Crippen LogP contribution in [-0.4, -0.2) is 17.8 Å². The largest absolute Gasteiger partial charge is 0.392 e. The highest BCUT2D eigenvalue weighted by atomic mass is 35.5. The zero-order valence-electron chi connectivity index (χ0n) is 7.22. The molecule has 0 aromatic heterocycles. The Hall–Kier alpha value is -0.440. The van der Waals surface area contributed by atoms with E-state index in [9.17, 15) is 0 Å². The van der Waals surface area contributed by atoms with E-state index in [0.29, 0.717) is 16.6 Å². The number of rotatable bonds is 3. The van der Waals surface area contributed by atoms with Gasteiger partial charge in [-0.25, -0.2) is 0 Å². The molecule has 13 heavy (non-hydrogen) atoms. The molecule has 0 saturated carbocycles. The summed E-state index contributed by atoms with van der Waals surface area (Å²) < 4.78 is 0. The summed E-state index contributed by atoms with van der Waals surface area (Å²) in [5.74, 6) is 0. The van der Waals surface area contributed by atoms with E-state index in [2.05, 4.69) is 5.32 Å². The topological polar surface area (TPSA) is 32.3 Å². The molecule has 4 heteroatoms. The minimum atomic E-state index is -0.397. The van der Waals surface area contributed by atoms with E-state index in [1.54, 1.807) is 25.1 Å². The molecule has 1 aromatic rings. The van der Waals surface area contributed by atoms with Crippen molar-refractivity contribution in [2.75, 3.05) is 11.9 Å². The van der Waals surface area contributed by atoms with E-state index in [1.165, 1.54) is 0 Å². The molecule has 1 atom stereocenters. The van der Waals surface area contributed by atoms with Crippen molar-refractivity contribution in [3.63, 3.8) is 0 Å². The van der Waals surface area contributed by atoms with Crippen molar-refractivity contribution in [2.45, 2.75) is 13.0 Å². The number of anilines is 1. The molecule has 0 fully saturated rings. The number of halogens is 2. The smallest absolute Gasteiger partial charge is 0.0684 e. The van der Waals surface area contributed by atoms with Gasteiger partial charge in [-0.15, -0.1) is 0 Å². The molecule has 1 unspecified atom stereocenters. The van der Waals surface area contributed by atoms with Crippen LogP contribution in [0.1, 0.15) is 6.92 Å². The third-order valence-corrected chi connectivity index (χ3v) is 2.07. The summed E-state index contributed by atoms with van der Waals surface area (Å²) in [6.45, 7) is 2.18. The van der Waals surface area contributed by atoms with Crippen LogP contribution in [0.5, 0.6) is 0 Å².